The van der Waals surface area contributed by atoms with Crippen molar-refractivity contribution in [1.29, 1.82) is 0 Å². The summed E-state index contributed by atoms with van der Waals surface area (Å²) in [7, 11) is 2.24. The SMILES string of the molecule is Cn1c2c(c3ccccc31)[C@@H]1C=CCC[C@H]1CCC2. The summed E-state index contributed by atoms with van der Waals surface area (Å²) < 4.78 is 2.44. The van der Waals surface area contributed by atoms with Gasteiger partial charge in [0.25, 0.3) is 0 Å². The fraction of sp³-hybridized carbons (Fsp3) is 0.444. The molecule has 2 atom stereocenters. The van der Waals surface area contributed by atoms with Crippen LogP contribution in [0.25, 0.3) is 10.9 Å². The third kappa shape index (κ3) is 1.60. The number of hydrogen-bond acceptors (Lipinski definition) is 0. The Kier molecular flexibility index (Phi) is 2.54. The summed E-state index contributed by atoms with van der Waals surface area (Å²) in [5.74, 6) is 1.54. The Morgan fingerprint density at radius 2 is 2.05 bits per heavy atom. The first kappa shape index (κ1) is 11.3. The highest BCUT2D eigenvalue weighted by Gasteiger charge is 2.30. The van der Waals surface area contributed by atoms with Gasteiger partial charge in [-0.25, -0.2) is 0 Å². The minimum atomic E-state index is 0.664. The second-order valence-electron chi connectivity index (χ2n) is 6.12. The maximum absolute atomic E-state index is 2.49. The van der Waals surface area contributed by atoms with Crippen molar-refractivity contribution in [2.24, 2.45) is 13.0 Å². The lowest BCUT2D eigenvalue weighted by molar-refractivity contribution is 0.402. The van der Waals surface area contributed by atoms with Gasteiger partial charge < -0.3 is 4.57 Å². The van der Waals surface area contributed by atoms with Gasteiger partial charge in [0, 0.05) is 29.6 Å². The summed E-state index contributed by atoms with van der Waals surface area (Å²) in [6, 6.07) is 8.94. The van der Waals surface area contributed by atoms with Crippen molar-refractivity contribution < 1.29 is 0 Å². The van der Waals surface area contributed by atoms with Crippen molar-refractivity contribution in [2.75, 3.05) is 0 Å². The normalized spacial score (nSPS) is 25.9. The number of hydrogen-bond donors (Lipinski definition) is 0. The van der Waals surface area contributed by atoms with E-state index in [2.05, 4.69) is 48.0 Å². The summed E-state index contributed by atoms with van der Waals surface area (Å²) in [5, 5.41) is 1.49. The molecule has 2 aliphatic carbocycles. The lowest BCUT2D eigenvalue weighted by atomic mass is 9.78. The van der Waals surface area contributed by atoms with E-state index in [9.17, 15) is 0 Å². The van der Waals surface area contributed by atoms with Crippen molar-refractivity contribution in [2.45, 2.75) is 38.0 Å². The monoisotopic (exact) mass is 251 g/mol. The molecular weight excluding hydrogens is 230 g/mol. The highest BCUT2D eigenvalue weighted by molar-refractivity contribution is 5.86. The smallest absolute Gasteiger partial charge is 0.0483 e. The van der Waals surface area contributed by atoms with Gasteiger partial charge in [0.05, 0.1) is 0 Å². The van der Waals surface area contributed by atoms with Gasteiger partial charge in [0.2, 0.25) is 0 Å². The van der Waals surface area contributed by atoms with Gasteiger partial charge in [-0.1, -0.05) is 30.4 Å². The number of benzene rings is 1. The lowest BCUT2D eigenvalue weighted by Gasteiger charge is -2.26. The fourth-order valence-corrected chi connectivity index (χ4v) is 4.23. The highest BCUT2D eigenvalue weighted by atomic mass is 15.0. The van der Waals surface area contributed by atoms with Crippen LogP contribution in [0.3, 0.4) is 0 Å². The minimum Gasteiger partial charge on any atom is -0.347 e. The Balaban J connectivity index is 2.02. The van der Waals surface area contributed by atoms with Gasteiger partial charge >= 0.3 is 0 Å². The molecule has 0 saturated heterocycles. The molecule has 1 heteroatoms. The first-order valence-electron chi connectivity index (χ1n) is 7.59. The number of aromatic nitrogens is 1. The van der Waals surface area contributed by atoms with Crippen LogP contribution < -0.4 is 0 Å². The van der Waals surface area contributed by atoms with Crippen LogP contribution in [0.15, 0.2) is 36.4 Å². The molecule has 19 heavy (non-hydrogen) atoms. The van der Waals surface area contributed by atoms with Crippen LogP contribution in [0, 0.1) is 5.92 Å². The van der Waals surface area contributed by atoms with Crippen molar-refractivity contribution in [3.63, 3.8) is 0 Å². The van der Waals surface area contributed by atoms with Gasteiger partial charge in [-0.15, -0.1) is 0 Å². The summed E-state index contributed by atoms with van der Waals surface area (Å²) >= 11 is 0. The molecule has 98 valence electrons. The number of allylic oxidation sites excluding steroid dienone is 2. The van der Waals surface area contributed by atoms with Crippen LogP contribution in [0.4, 0.5) is 0 Å². The second-order valence-corrected chi connectivity index (χ2v) is 6.12. The molecule has 0 aliphatic heterocycles. The Morgan fingerprint density at radius 1 is 1.16 bits per heavy atom. The molecule has 2 aliphatic rings. The van der Waals surface area contributed by atoms with Crippen molar-refractivity contribution in [3.05, 3.63) is 47.7 Å². The van der Waals surface area contributed by atoms with E-state index in [-0.39, 0.29) is 0 Å². The second kappa shape index (κ2) is 4.26. The molecule has 1 aromatic heterocycles. The zero-order valence-electron chi connectivity index (χ0n) is 11.6. The molecule has 0 unspecified atom stereocenters. The van der Waals surface area contributed by atoms with Gasteiger partial charge in [0.1, 0.15) is 0 Å². The van der Waals surface area contributed by atoms with Gasteiger partial charge in [-0.05, 0) is 49.7 Å². The molecule has 1 aromatic carbocycles. The van der Waals surface area contributed by atoms with Crippen LogP contribution >= 0.6 is 0 Å². The molecule has 4 rings (SSSR count). The lowest BCUT2D eigenvalue weighted by Crippen LogP contribution is -2.13. The molecule has 0 fully saturated rings. The van der Waals surface area contributed by atoms with E-state index in [4.69, 9.17) is 0 Å². The van der Waals surface area contributed by atoms with Gasteiger partial charge in [-0.2, -0.15) is 0 Å². The molecule has 1 heterocycles. The Bertz CT molecular complexity index is 647. The molecule has 0 bridgehead atoms. The fourth-order valence-electron chi connectivity index (χ4n) is 4.23. The summed E-state index contributed by atoms with van der Waals surface area (Å²) in [6.07, 6.45) is 11.6. The maximum atomic E-state index is 2.49. The summed E-state index contributed by atoms with van der Waals surface area (Å²) in [5.41, 5.74) is 4.63. The standard InChI is InChI=1S/C18H21N/c1-19-16-11-5-4-10-15(16)18-14-9-3-2-7-13(14)8-6-12-17(18)19/h3-5,9-11,13-14H,2,6-8,12H2,1H3/t13-,14+/m0/s1. The number of nitrogens with zero attached hydrogens (tertiary/aromatic N) is 1. The van der Waals surface area contributed by atoms with Crippen molar-refractivity contribution in [3.8, 4) is 0 Å². The molecule has 0 N–H and O–H groups in total. The first-order chi connectivity index (χ1) is 9.36. The number of para-hydroxylation sites is 1. The predicted molar refractivity (Wildman–Crippen MR) is 80.5 cm³/mol. The van der Waals surface area contributed by atoms with Crippen LogP contribution in [-0.2, 0) is 13.5 Å². The summed E-state index contributed by atoms with van der Waals surface area (Å²) in [6.45, 7) is 0. The zero-order valence-corrected chi connectivity index (χ0v) is 11.6. The molecule has 1 nitrogen and oxygen atoms in total. The van der Waals surface area contributed by atoms with Gasteiger partial charge in [-0.3, -0.25) is 0 Å². The largest absolute Gasteiger partial charge is 0.347 e. The van der Waals surface area contributed by atoms with E-state index in [1.807, 2.05) is 0 Å². The van der Waals surface area contributed by atoms with Crippen molar-refractivity contribution >= 4 is 10.9 Å². The predicted octanol–water partition coefficient (Wildman–Crippen LogP) is 4.56. The summed E-state index contributed by atoms with van der Waals surface area (Å²) in [4.78, 5) is 0. The number of fused-ring (bicyclic) bond motifs is 5. The molecule has 0 radical (unpaired) electrons. The topological polar surface area (TPSA) is 4.93 Å². The van der Waals surface area contributed by atoms with E-state index < -0.39 is 0 Å². The van der Waals surface area contributed by atoms with E-state index in [0.717, 1.165) is 5.92 Å². The van der Waals surface area contributed by atoms with E-state index in [1.165, 1.54) is 43.0 Å². The van der Waals surface area contributed by atoms with E-state index in [1.54, 1.807) is 11.3 Å². The molecule has 0 saturated carbocycles. The van der Waals surface area contributed by atoms with Crippen molar-refractivity contribution in [1.82, 2.24) is 4.57 Å². The van der Waals surface area contributed by atoms with E-state index >= 15 is 0 Å². The average Bonchev–Trinajstić information content (AvgIpc) is 2.62. The highest BCUT2D eigenvalue weighted by Crippen LogP contribution is 2.44. The Hall–Kier alpha value is -1.50. The molecular formula is C18H21N. The van der Waals surface area contributed by atoms with Crippen LogP contribution in [0.2, 0.25) is 0 Å². The number of aryl methyl sites for hydroxylation is 1. The van der Waals surface area contributed by atoms with Crippen LogP contribution in [-0.4, -0.2) is 4.57 Å². The molecule has 0 amide bonds. The Labute approximate surface area is 114 Å². The molecule has 2 aromatic rings. The van der Waals surface area contributed by atoms with Crippen LogP contribution in [0.5, 0.6) is 0 Å². The third-order valence-corrected chi connectivity index (χ3v) is 5.15. The zero-order chi connectivity index (χ0) is 12.8. The minimum absolute atomic E-state index is 0.664. The van der Waals surface area contributed by atoms with Crippen LogP contribution in [0.1, 0.15) is 42.9 Å². The Morgan fingerprint density at radius 3 is 3.00 bits per heavy atom. The van der Waals surface area contributed by atoms with E-state index in [0.29, 0.717) is 5.92 Å². The first-order valence-corrected chi connectivity index (χ1v) is 7.59. The van der Waals surface area contributed by atoms with Gasteiger partial charge in [0.15, 0.2) is 0 Å². The quantitative estimate of drug-likeness (QED) is 0.605. The average molecular weight is 251 g/mol. The molecule has 0 spiro atoms. The maximum Gasteiger partial charge on any atom is 0.0483 e. The number of rotatable bonds is 0. The third-order valence-electron chi connectivity index (χ3n) is 5.15.